The van der Waals surface area contributed by atoms with Crippen molar-refractivity contribution in [1.29, 1.82) is 5.26 Å². The molecule has 7 heteroatoms. The molecule has 3 heterocycles. The quantitative estimate of drug-likeness (QED) is 0.759. The number of carbonyl (C=O) groups excluding carboxylic acids is 1. The van der Waals surface area contributed by atoms with Gasteiger partial charge in [0.05, 0.1) is 23.0 Å². The molecule has 0 aromatic carbocycles. The number of piperazine rings is 1. The number of nitrogens with zero attached hydrogens (tertiary/aromatic N) is 5. The topological polar surface area (TPSA) is 93.4 Å². The molecule has 1 amide bonds. The highest BCUT2D eigenvalue weighted by Gasteiger charge is 2.41. The first kappa shape index (κ1) is 20.7. The zero-order valence-electron chi connectivity index (χ0n) is 18.1. The highest BCUT2D eigenvalue weighted by molar-refractivity contribution is 5.78. The summed E-state index contributed by atoms with van der Waals surface area (Å²) in [5, 5.41) is 19.4. The van der Waals surface area contributed by atoms with Crippen molar-refractivity contribution < 1.29 is 9.90 Å². The average Bonchev–Trinajstić information content (AvgIpc) is 3.75. The Bertz CT molecular complexity index is 1100. The number of pyridine rings is 2. The summed E-state index contributed by atoms with van der Waals surface area (Å²) >= 11 is 0. The van der Waals surface area contributed by atoms with Crippen molar-refractivity contribution in [2.24, 2.45) is 5.92 Å². The molecule has 0 bridgehead atoms. The van der Waals surface area contributed by atoms with Crippen LogP contribution in [0.4, 0.5) is 5.82 Å². The van der Waals surface area contributed by atoms with E-state index >= 15 is 0 Å². The summed E-state index contributed by atoms with van der Waals surface area (Å²) in [5.74, 6) is 1.39. The normalized spacial score (nSPS) is 20.7. The maximum absolute atomic E-state index is 12.3. The van der Waals surface area contributed by atoms with Crippen LogP contribution in [-0.4, -0.2) is 58.2 Å². The number of amides is 1. The van der Waals surface area contributed by atoms with Gasteiger partial charge in [0.2, 0.25) is 5.91 Å². The lowest BCUT2D eigenvalue weighted by Gasteiger charge is -2.42. The highest BCUT2D eigenvalue weighted by atomic mass is 16.3. The van der Waals surface area contributed by atoms with E-state index in [2.05, 4.69) is 22.5 Å². The molecule has 1 aliphatic heterocycles. The lowest BCUT2D eigenvalue weighted by atomic mass is 9.98. The molecule has 1 saturated heterocycles. The predicted octanol–water partition coefficient (Wildman–Crippen LogP) is 2.96. The third-order valence-corrected chi connectivity index (χ3v) is 6.76. The van der Waals surface area contributed by atoms with Crippen LogP contribution in [0.25, 0.3) is 17.2 Å². The molecule has 2 saturated carbocycles. The van der Waals surface area contributed by atoms with Crippen LogP contribution in [0.5, 0.6) is 0 Å². The minimum absolute atomic E-state index is 0.0659. The standard InChI is InChI=1S/C25H27N5O2/c1-2-20-11-18(7-8-27-20)21-12-19(13-26)25(28-24(21)17-5-6-17)29-9-10-30(23(32)15-31)22(14-29)16-3-4-16/h2,7-8,11-12,16-17,22,31H,1,3-6,9-10,14-15H2/t22-/m0/s1. The van der Waals surface area contributed by atoms with Crippen molar-refractivity contribution in [1.82, 2.24) is 14.9 Å². The van der Waals surface area contributed by atoms with E-state index in [0.717, 1.165) is 54.0 Å². The smallest absolute Gasteiger partial charge is 0.248 e. The molecule has 0 radical (unpaired) electrons. The fourth-order valence-electron chi connectivity index (χ4n) is 4.75. The summed E-state index contributed by atoms with van der Waals surface area (Å²) in [6.45, 7) is 5.16. The number of aliphatic hydroxyl groups excluding tert-OH is 1. The Kier molecular flexibility index (Phi) is 5.40. The van der Waals surface area contributed by atoms with Gasteiger partial charge in [-0.05, 0) is 61.4 Å². The number of aromatic nitrogens is 2. The van der Waals surface area contributed by atoms with Crippen molar-refractivity contribution in [3.05, 3.63) is 47.9 Å². The molecule has 3 aliphatic rings. The number of carbonyl (C=O) groups is 1. The van der Waals surface area contributed by atoms with Gasteiger partial charge in [-0.1, -0.05) is 6.58 Å². The lowest BCUT2D eigenvalue weighted by Crippen LogP contribution is -2.57. The van der Waals surface area contributed by atoms with Gasteiger partial charge >= 0.3 is 0 Å². The third-order valence-electron chi connectivity index (χ3n) is 6.76. The van der Waals surface area contributed by atoms with Crippen LogP contribution < -0.4 is 4.90 Å². The lowest BCUT2D eigenvalue weighted by molar-refractivity contribution is -0.137. The van der Waals surface area contributed by atoms with E-state index < -0.39 is 6.61 Å². The molecule has 2 aliphatic carbocycles. The molecule has 2 aromatic rings. The Morgan fingerprint density at radius 3 is 2.75 bits per heavy atom. The number of nitriles is 1. The Balaban J connectivity index is 1.52. The van der Waals surface area contributed by atoms with Crippen LogP contribution in [0.1, 0.15) is 48.6 Å². The number of hydrogen-bond acceptors (Lipinski definition) is 6. The average molecular weight is 430 g/mol. The molecule has 1 N–H and O–H groups in total. The summed E-state index contributed by atoms with van der Waals surface area (Å²) in [7, 11) is 0. The van der Waals surface area contributed by atoms with E-state index in [-0.39, 0.29) is 11.9 Å². The van der Waals surface area contributed by atoms with Crippen molar-refractivity contribution in [2.75, 3.05) is 31.1 Å². The minimum atomic E-state index is -0.454. The van der Waals surface area contributed by atoms with Crippen LogP contribution in [0.3, 0.4) is 0 Å². The molecular formula is C25H27N5O2. The summed E-state index contributed by atoms with van der Waals surface area (Å²) in [6.07, 6.45) is 7.90. The Morgan fingerprint density at radius 1 is 1.28 bits per heavy atom. The van der Waals surface area contributed by atoms with E-state index in [1.54, 1.807) is 12.3 Å². The monoisotopic (exact) mass is 429 g/mol. The second kappa shape index (κ2) is 8.36. The second-order valence-corrected chi connectivity index (χ2v) is 8.95. The van der Waals surface area contributed by atoms with E-state index in [4.69, 9.17) is 4.98 Å². The van der Waals surface area contributed by atoms with Crippen LogP contribution in [0, 0.1) is 17.2 Å². The van der Waals surface area contributed by atoms with Gasteiger partial charge in [-0.25, -0.2) is 4.98 Å². The molecule has 0 unspecified atom stereocenters. The molecule has 5 rings (SSSR count). The number of anilines is 1. The summed E-state index contributed by atoms with van der Waals surface area (Å²) < 4.78 is 0. The van der Waals surface area contributed by atoms with Crippen molar-refractivity contribution in [3.8, 4) is 17.2 Å². The summed E-state index contributed by atoms with van der Waals surface area (Å²) in [6, 6.07) is 8.34. The zero-order chi connectivity index (χ0) is 22.2. The predicted molar refractivity (Wildman–Crippen MR) is 122 cm³/mol. The van der Waals surface area contributed by atoms with Crippen molar-refractivity contribution in [3.63, 3.8) is 0 Å². The number of aliphatic hydroxyl groups is 1. The van der Waals surface area contributed by atoms with Gasteiger partial charge in [-0.3, -0.25) is 9.78 Å². The Labute approximate surface area is 188 Å². The van der Waals surface area contributed by atoms with Gasteiger partial charge in [0, 0.05) is 37.3 Å². The largest absolute Gasteiger partial charge is 0.387 e. The van der Waals surface area contributed by atoms with Crippen LogP contribution in [0.15, 0.2) is 31.0 Å². The first-order valence-corrected chi connectivity index (χ1v) is 11.3. The molecule has 0 spiro atoms. The highest BCUT2D eigenvalue weighted by Crippen LogP contribution is 2.45. The second-order valence-electron chi connectivity index (χ2n) is 8.95. The molecular weight excluding hydrogens is 402 g/mol. The molecule has 7 nitrogen and oxygen atoms in total. The zero-order valence-corrected chi connectivity index (χ0v) is 18.1. The number of hydrogen-bond donors (Lipinski definition) is 1. The van der Waals surface area contributed by atoms with Gasteiger partial charge in [-0.15, -0.1) is 0 Å². The first-order chi connectivity index (χ1) is 15.6. The van der Waals surface area contributed by atoms with E-state index in [1.807, 2.05) is 23.1 Å². The number of rotatable bonds is 6. The van der Waals surface area contributed by atoms with Crippen molar-refractivity contribution in [2.45, 2.75) is 37.6 Å². The molecule has 1 atom stereocenters. The molecule has 32 heavy (non-hydrogen) atoms. The van der Waals surface area contributed by atoms with Crippen LogP contribution in [-0.2, 0) is 4.79 Å². The van der Waals surface area contributed by atoms with E-state index in [9.17, 15) is 15.2 Å². The van der Waals surface area contributed by atoms with Crippen LogP contribution in [0.2, 0.25) is 0 Å². The van der Waals surface area contributed by atoms with Gasteiger partial charge in [0.25, 0.3) is 0 Å². The van der Waals surface area contributed by atoms with Crippen LogP contribution >= 0.6 is 0 Å². The first-order valence-electron chi connectivity index (χ1n) is 11.3. The van der Waals surface area contributed by atoms with Gasteiger partial charge in [-0.2, -0.15) is 5.26 Å². The molecule has 3 fully saturated rings. The minimum Gasteiger partial charge on any atom is -0.387 e. The van der Waals surface area contributed by atoms with Gasteiger partial charge in [0.1, 0.15) is 18.5 Å². The maximum Gasteiger partial charge on any atom is 0.248 e. The van der Waals surface area contributed by atoms with E-state index in [0.29, 0.717) is 37.0 Å². The third kappa shape index (κ3) is 3.87. The fourth-order valence-corrected chi connectivity index (χ4v) is 4.75. The maximum atomic E-state index is 12.3. The fraction of sp³-hybridized carbons (Fsp3) is 0.440. The Morgan fingerprint density at radius 2 is 2.09 bits per heavy atom. The van der Waals surface area contributed by atoms with Gasteiger partial charge < -0.3 is 14.9 Å². The van der Waals surface area contributed by atoms with Gasteiger partial charge in [0.15, 0.2) is 0 Å². The molecule has 164 valence electrons. The SMILES string of the molecule is C=Cc1cc(-c2cc(C#N)c(N3CCN(C(=O)CO)[C@H](C4CC4)C3)nc2C2CC2)ccn1. The summed E-state index contributed by atoms with van der Waals surface area (Å²) in [4.78, 5) is 25.6. The Hall–Kier alpha value is -3.24. The van der Waals surface area contributed by atoms with Crippen molar-refractivity contribution >= 4 is 17.8 Å². The summed E-state index contributed by atoms with van der Waals surface area (Å²) in [5.41, 5.74) is 4.38. The van der Waals surface area contributed by atoms with E-state index in [1.165, 1.54) is 0 Å². The molecule has 2 aromatic heterocycles.